The Morgan fingerprint density at radius 2 is 1.88 bits per heavy atom. The lowest BCUT2D eigenvalue weighted by atomic mass is 9.84. The highest BCUT2D eigenvalue weighted by atomic mass is 16.6. The van der Waals surface area contributed by atoms with Gasteiger partial charge in [-0.3, -0.25) is 9.59 Å². The van der Waals surface area contributed by atoms with Crippen molar-refractivity contribution in [3.05, 3.63) is 64.1 Å². The van der Waals surface area contributed by atoms with Gasteiger partial charge >= 0.3 is 5.97 Å². The van der Waals surface area contributed by atoms with Gasteiger partial charge in [-0.05, 0) is 12.1 Å². The van der Waals surface area contributed by atoms with E-state index < -0.39 is 5.60 Å². The Bertz CT molecular complexity index is 897. The van der Waals surface area contributed by atoms with Crippen LogP contribution in [0.15, 0.2) is 47.4 Å². The van der Waals surface area contributed by atoms with E-state index in [9.17, 15) is 14.4 Å². The fraction of sp³-hybridized carbons (Fsp3) is 0.333. The van der Waals surface area contributed by atoms with E-state index >= 15 is 0 Å². The number of hydrogen-bond acceptors (Lipinski definition) is 5. The maximum absolute atomic E-state index is 12.5. The Balaban J connectivity index is 1.47. The van der Waals surface area contributed by atoms with Gasteiger partial charge in [-0.1, -0.05) is 18.2 Å². The van der Waals surface area contributed by atoms with Gasteiger partial charge in [-0.2, -0.15) is 5.10 Å². The standard InChI is InChI=1S/C18H17N3O4/c22-15-6-3-9-19-21(15)12-16(23)20-10-7-18(8-11-20)14-5-2-1-4-13(14)17(24)25-18/h1-6,9H,7-8,10-12H2. The molecule has 4 rings (SSSR count). The lowest BCUT2D eigenvalue weighted by Crippen LogP contribution is -2.47. The second kappa shape index (κ2) is 5.84. The third kappa shape index (κ3) is 2.61. The maximum atomic E-state index is 12.5. The van der Waals surface area contributed by atoms with E-state index in [0.29, 0.717) is 31.5 Å². The first-order valence-corrected chi connectivity index (χ1v) is 8.22. The predicted molar refractivity (Wildman–Crippen MR) is 87.8 cm³/mol. The second-order valence-corrected chi connectivity index (χ2v) is 6.33. The van der Waals surface area contributed by atoms with Gasteiger partial charge in [0.15, 0.2) is 0 Å². The molecule has 0 bridgehead atoms. The molecule has 1 amide bonds. The minimum atomic E-state index is -0.633. The molecule has 2 aliphatic rings. The van der Waals surface area contributed by atoms with Crippen LogP contribution < -0.4 is 5.56 Å². The first-order valence-electron chi connectivity index (χ1n) is 8.22. The fourth-order valence-corrected chi connectivity index (χ4v) is 3.57. The third-order valence-corrected chi connectivity index (χ3v) is 4.92. The molecular formula is C18H17N3O4. The van der Waals surface area contributed by atoms with Crippen LogP contribution >= 0.6 is 0 Å². The van der Waals surface area contributed by atoms with Crippen molar-refractivity contribution in [3.63, 3.8) is 0 Å². The molecule has 128 valence electrons. The van der Waals surface area contributed by atoms with Crippen molar-refractivity contribution in [2.45, 2.75) is 25.0 Å². The molecule has 2 aromatic rings. The van der Waals surface area contributed by atoms with Crippen LogP contribution in [-0.2, 0) is 21.7 Å². The molecule has 3 heterocycles. The molecule has 1 spiro atoms. The van der Waals surface area contributed by atoms with Gasteiger partial charge in [0.25, 0.3) is 5.56 Å². The molecule has 1 saturated heterocycles. The summed E-state index contributed by atoms with van der Waals surface area (Å²) in [6, 6.07) is 10.3. The Hall–Kier alpha value is -2.96. The van der Waals surface area contributed by atoms with E-state index in [2.05, 4.69) is 5.10 Å². The number of fused-ring (bicyclic) bond motifs is 2. The van der Waals surface area contributed by atoms with E-state index in [1.54, 1.807) is 17.0 Å². The summed E-state index contributed by atoms with van der Waals surface area (Å²) in [5.41, 5.74) is 0.588. The van der Waals surface area contributed by atoms with Crippen molar-refractivity contribution in [2.24, 2.45) is 0 Å². The van der Waals surface area contributed by atoms with Gasteiger partial charge in [0.1, 0.15) is 12.1 Å². The number of amides is 1. The quantitative estimate of drug-likeness (QED) is 0.761. The molecule has 1 aromatic heterocycles. The maximum Gasteiger partial charge on any atom is 0.339 e. The number of aromatic nitrogens is 2. The third-order valence-electron chi connectivity index (χ3n) is 4.92. The normalized spacial score (nSPS) is 18.1. The van der Waals surface area contributed by atoms with Crippen molar-refractivity contribution in [1.82, 2.24) is 14.7 Å². The van der Waals surface area contributed by atoms with Gasteiger partial charge in [-0.25, -0.2) is 9.48 Å². The molecule has 0 aliphatic carbocycles. The predicted octanol–water partition coefficient (Wildman–Crippen LogP) is 0.932. The van der Waals surface area contributed by atoms with E-state index in [1.807, 2.05) is 18.2 Å². The van der Waals surface area contributed by atoms with Crippen LogP contribution in [-0.4, -0.2) is 39.6 Å². The van der Waals surface area contributed by atoms with Gasteiger partial charge < -0.3 is 9.64 Å². The number of ether oxygens (including phenoxy) is 1. The summed E-state index contributed by atoms with van der Waals surface area (Å²) in [6.07, 6.45) is 2.59. The summed E-state index contributed by atoms with van der Waals surface area (Å²) in [7, 11) is 0. The fourth-order valence-electron chi connectivity index (χ4n) is 3.57. The van der Waals surface area contributed by atoms with Crippen LogP contribution in [0.3, 0.4) is 0 Å². The molecule has 0 unspecified atom stereocenters. The Morgan fingerprint density at radius 1 is 1.12 bits per heavy atom. The Morgan fingerprint density at radius 3 is 2.64 bits per heavy atom. The summed E-state index contributed by atoms with van der Waals surface area (Å²) in [6.45, 7) is 0.868. The molecule has 2 aliphatic heterocycles. The number of piperidine rings is 1. The van der Waals surface area contributed by atoms with Gasteiger partial charge in [0.05, 0.1) is 5.56 Å². The van der Waals surface area contributed by atoms with E-state index in [-0.39, 0.29) is 24.0 Å². The second-order valence-electron chi connectivity index (χ2n) is 6.33. The minimum Gasteiger partial charge on any atom is -0.450 e. The summed E-state index contributed by atoms with van der Waals surface area (Å²) >= 11 is 0. The van der Waals surface area contributed by atoms with Crippen LogP contribution in [0.1, 0.15) is 28.8 Å². The number of rotatable bonds is 2. The minimum absolute atomic E-state index is 0.0803. The highest BCUT2D eigenvalue weighted by Gasteiger charge is 2.47. The first-order chi connectivity index (χ1) is 12.1. The van der Waals surface area contributed by atoms with Crippen molar-refractivity contribution in [2.75, 3.05) is 13.1 Å². The van der Waals surface area contributed by atoms with Crippen LogP contribution in [0.2, 0.25) is 0 Å². The molecule has 7 nitrogen and oxygen atoms in total. The van der Waals surface area contributed by atoms with Crippen molar-refractivity contribution in [1.29, 1.82) is 0 Å². The summed E-state index contributed by atoms with van der Waals surface area (Å²) in [5.74, 6) is -0.455. The molecule has 7 heteroatoms. The van der Waals surface area contributed by atoms with E-state index in [4.69, 9.17) is 4.74 Å². The van der Waals surface area contributed by atoms with Crippen LogP contribution in [0.25, 0.3) is 0 Å². The highest BCUT2D eigenvalue weighted by molar-refractivity contribution is 5.94. The number of nitrogens with zero attached hydrogens (tertiary/aromatic N) is 3. The molecule has 0 atom stereocenters. The van der Waals surface area contributed by atoms with Gasteiger partial charge in [0, 0.05) is 43.8 Å². The molecule has 0 radical (unpaired) electrons. The zero-order chi connectivity index (χ0) is 17.4. The Kier molecular flexibility index (Phi) is 3.63. The number of benzene rings is 1. The number of carbonyl (C=O) groups excluding carboxylic acids is 2. The number of hydrogen-bond donors (Lipinski definition) is 0. The molecule has 0 saturated carbocycles. The first kappa shape index (κ1) is 15.6. The van der Waals surface area contributed by atoms with E-state index in [1.165, 1.54) is 12.3 Å². The van der Waals surface area contributed by atoms with Crippen molar-refractivity contribution < 1.29 is 14.3 Å². The Labute approximate surface area is 143 Å². The molecule has 1 fully saturated rings. The monoisotopic (exact) mass is 339 g/mol. The van der Waals surface area contributed by atoms with Gasteiger partial charge in [0.2, 0.25) is 5.91 Å². The van der Waals surface area contributed by atoms with E-state index in [0.717, 1.165) is 10.2 Å². The van der Waals surface area contributed by atoms with Crippen LogP contribution in [0.4, 0.5) is 0 Å². The smallest absolute Gasteiger partial charge is 0.339 e. The average molecular weight is 339 g/mol. The summed E-state index contributed by atoms with van der Waals surface area (Å²) < 4.78 is 6.83. The summed E-state index contributed by atoms with van der Waals surface area (Å²) in [4.78, 5) is 37.9. The van der Waals surface area contributed by atoms with Crippen LogP contribution in [0, 0.1) is 0 Å². The lowest BCUT2D eigenvalue weighted by Gasteiger charge is -2.38. The van der Waals surface area contributed by atoms with Gasteiger partial charge in [-0.15, -0.1) is 0 Å². The summed E-state index contributed by atoms with van der Waals surface area (Å²) in [5, 5.41) is 3.91. The zero-order valence-electron chi connectivity index (χ0n) is 13.6. The average Bonchev–Trinajstić information content (AvgIpc) is 2.90. The number of esters is 1. The molecule has 25 heavy (non-hydrogen) atoms. The molecular weight excluding hydrogens is 322 g/mol. The zero-order valence-corrected chi connectivity index (χ0v) is 13.6. The van der Waals surface area contributed by atoms with Crippen molar-refractivity contribution >= 4 is 11.9 Å². The van der Waals surface area contributed by atoms with Crippen LogP contribution in [0.5, 0.6) is 0 Å². The topological polar surface area (TPSA) is 81.5 Å². The molecule has 1 aromatic carbocycles. The largest absolute Gasteiger partial charge is 0.450 e. The van der Waals surface area contributed by atoms with Crippen molar-refractivity contribution in [3.8, 4) is 0 Å². The number of carbonyl (C=O) groups is 2. The lowest BCUT2D eigenvalue weighted by molar-refractivity contribution is -0.136. The molecule has 0 N–H and O–H groups in total. The highest BCUT2D eigenvalue weighted by Crippen LogP contribution is 2.43. The SMILES string of the molecule is O=C1OC2(CCN(C(=O)Cn3ncccc3=O)CC2)c2ccccc21. The number of likely N-dealkylation sites (tertiary alicyclic amines) is 1.